The van der Waals surface area contributed by atoms with Gasteiger partial charge >= 0.3 is 0 Å². The number of aromatic nitrogens is 1. The molecule has 3 heteroatoms. The van der Waals surface area contributed by atoms with Crippen LogP contribution in [0.4, 0.5) is 5.69 Å². The predicted octanol–water partition coefficient (Wildman–Crippen LogP) is 4.67. The SMILES string of the molecule is Cc1nc2cc(NCc3cc(C)c(C)cc3C)ccc2o1. The highest BCUT2D eigenvalue weighted by Crippen LogP contribution is 2.21. The first kappa shape index (κ1) is 13.7. The van der Waals surface area contributed by atoms with Crippen molar-refractivity contribution in [3.63, 3.8) is 0 Å². The fraction of sp³-hybridized carbons (Fsp3) is 0.278. The number of hydrogen-bond acceptors (Lipinski definition) is 3. The summed E-state index contributed by atoms with van der Waals surface area (Å²) in [5.41, 5.74) is 8.12. The summed E-state index contributed by atoms with van der Waals surface area (Å²) in [5.74, 6) is 0.701. The number of fused-ring (bicyclic) bond motifs is 1. The molecule has 3 aromatic rings. The van der Waals surface area contributed by atoms with E-state index in [2.05, 4.69) is 43.2 Å². The molecule has 21 heavy (non-hydrogen) atoms. The number of oxazole rings is 1. The molecule has 0 aliphatic rings. The second-order valence-corrected chi connectivity index (χ2v) is 5.63. The molecule has 0 spiro atoms. The lowest BCUT2D eigenvalue weighted by Gasteiger charge is -2.11. The van der Waals surface area contributed by atoms with Gasteiger partial charge in [0, 0.05) is 19.2 Å². The summed E-state index contributed by atoms with van der Waals surface area (Å²) in [6.45, 7) is 9.15. The molecule has 0 fully saturated rings. The van der Waals surface area contributed by atoms with E-state index >= 15 is 0 Å². The minimum atomic E-state index is 0.701. The van der Waals surface area contributed by atoms with Gasteiger partial charge in [0.2, 0.25) is 0 Å². The van der Waals surface area contributed by atoms with E-state index in [1.54, 1.807) is 0 Å². The highest BCUT2D eigenvalue weighted by Gasteiger charge is 2.05. The Morgan fingerprint density at radius 1 is 0.952 bits per heavy atom. The van der Waals surface area contributed by atoms with Crippen molar-refractivity contribution in [2.24, 2.45) is 0 Å². The van der Waals surface area contributed by atoms with E-state index in [9.17, 15) is 0 Å². The maximum absolute atomic E-state index is 5.49. The maximum atomic E-state index is 5.49. The van der Waals surface area contributed by atoms with E-state index in [4.69, 9.17) is 4.42 Å². The van der Waals surface area contributed by atoms with Crippen LogP contribution in [0.2, 0.25) is 0 Å². The third-order valence-corrected chi connectivity index (χ3v) is 3.93. The van der Waals surface area contributed by atoms with Gasteiger partial charge in [-0.25, -0.2) is 4.98 Å². The lowest BCUT2D eigenvalue weighted by molar-refractivity contribution is 0.561. The van der Waals surface area contributed by atoms with E-state index in [-0.39, 0.29) is 0 Å². The third kappa shape index (κ3) is 2.77. The van der Waals surface area contributed by atoms with Crippen LogP contribution in [0.25, 0.3) is 11.1 Å². The molecule has 0 aliphatic carbocycles. The Morgan fingerprint density at radius 2 is 1.71 bits per heavy atom. The standard InChI is InChI=1S/C18H20N2O/c1-11-7-13(3)15(8-12(11)2)10-19-16-5-6-18-17(9-16)20-14(4)21-18/h5-9,19H,10H2,1-4H3. The van der Waals surface area contributed by atoms with E-state index in [0.717, 1.165) is 23.3 Å². The van der Waals surface area contributed by atoms with Crippen molar-refractivity contribution < 1.29 is 4.42 Å². The second-order valence-electron chi connectivity index (χ2n) is 5.63. The second kappa shape index (κ2) is 5.24. The summed E-state index contributed by atoms with van der Waals surface area (Å²) in [6.07, 6.45) is 0. The van der Waals surface area contributed by atoms with E-state index < -0.39 is 0 Å². The average molecular weight is 280 g/mol. The van der Waals surface area contributed by atoms with Crippen LogP contribution >= 0.6 is 0 Å². The maximum Gasteiger partial charge on any atom is 0.192 e. The Bertz CT molecular complexity index is 802. The molecule has 0 unspecified atom stereocenters. The van der Waals surface area contributed by atoms with Gasteiger partial charge in [-0.2, -0.15) is 0 Å². The zero-order valence-electron chi connectivity index (χ0n) is 12.9. The average Bonchev–Trinajstić information content (AvgIpc) is 2.80. The number of aryl methyl sites for hydroxylation is 4. The number of nitrogens with zero attached hydrogens (tertiary/aromatic N) is 1. The lowest BCUT2D eigenvalue weighted by atomic mass is 10.0. The fourth-order valence-corrected chi connectivity index (χ4v) is 2.56. The summed E-state index contributed by atoms with van der Waals surface area (Å²) in [7, 11) is 0. The first-order valence-corrected chi connectivity index (χ1v) is 7.21. The molecule has 0 amide bonds. The fourth-order valence-electron chi connectivity index (χ4n) is 2.56. The molecule has 0 saturated carbocycles. The van der Waals surface area contributed by atoms with Crippen LogP contribution in [0.1, 0.15) is 28.1 Å². The Labute approximate surface area is 125 Å². The van der Waals surface area contributed by atoms with Crippen LogP contribution in [-0.2, 0) is 6.54 Å². The first-order valence-electron chi connectivity index (χ1n) is 7.21. The van der Waals surface area contributed by atoms with Gasteiger partial charge in [-0.3, -0.25) is 0 Å². The van der Waals surface area contributed by atoms with Crippen molar-refractivity contribution in [2.75, 3.05) is 5.32 Å². The third-order valence-electron chi connectivity index (χ3n) is 3.93. The highest BCUT2D eigenvalue weighted by atomic mass is 16.3. The van der Waals surface area contributed by atoms with Gasteiger partial charge in [0.15, 0.2) is 11.5 Å². The van der Waals surface area contributed by atoms with Gasteiger partial charge in [0.1, 0.15) is 5.52 Å². The summed E-state index contributed by atoms with van der Waals surface area (Å²) >= 11 is 0. The monoisotopic (exact) mass is 280 g/mol. The van der Waals surface area contributed by atoms with Gasteiger partial charge in [-0.05, 0) is 61.2 Å². The molecule has 0 radical (unpaired) electrons. The van der Waals surface area contributed by atoms with Crippen molar-refractivity contribution in [1.29, 1.82) is 0 Å². The molecule has 0 bridgehead atoms. The predicted molar refractivity (Wildman–Crippen MR) is 86.7 cm³/mol. The summed E-state index contributed by atoms with van der Waals surface area (Å²) in [4.78, 5) is 4.37. The van der Waals surface area contributed by atoms with Crippen LogP contribution in [0.5, 0.6) is 0 Å². The topological polar surface area (TPSA) is 38.1 Å². The molecule has 1 aromatic heterocycles. The molecule has 0 atom stereocenters. The van der Waals surface area contributed by atoms with Crippen molar-refractivity contribution in [3.8, 4) is 0 Å². The molecular formula is C18H20N2O. The van der Waals surface area contributed by atoms with Gasteiger partial charge in [-0.15, -0.1) is 0 Å². The zero-order valence-corrected chi connectivity index (χ0v) is 12.9. The van der Waals surface area contributed by atoms with Gasteiger partial charge < -0.3 is 9.73 Å². The first-order chi connectivity index (χ1) is 10.0. The van der Waals surface area contributed by atoms with Gasteiger partial charge in [-0.1, -0.05) is 12.1 Å². The minimum absolute atomic E-state index is 0.701. The molecule has 0 aliphatic heterocycles. The summed E-state index contributed by atoms with van der Waals surface area (Å²) < 4.78 is 5.49. The van der Waals surface area contributed by atoms with Gasteiger partial charge in [0.05, 0.1) is 0 Å². The Kier molecular flexibility index (Phi) is 3.42. The smallest absolute Gasteiger partial charge is 0.192 e. The van der Waals surface area contributed by atoms with Crippen LogP contribution < -0.4 is 5.32 Å². The quantitative estimate of drug-likeness (QED) is 0.757. The van der Waals surface area contributed by atoms with Crippen molar-refractivity contribution >= 4 is 16.8 Å². The van der Waals surface area contributed by atoms with E-state index in [1.807, 2.05) is 25.1 Å². The Balaban J connectivity index is 1.81. The zero-order chi connectivity index (χ0) is 15.0. The number of anilines is 1. The van der Waals surface area contributed by atoms with Gasteiger partial charge in [0.25, 0.3) is 0 Å². The summed E-state index contributed by atoms with van der Waals surface area (Å²) in [5, 5.41) is 3.47. The Morgan fingerprint density at radius 3 is 2.52 bits per heavy atom. The van der Waals surface area contributed by atoms with Crippen molar-refractivity contribution in [1.82, 2.24) is 4.98 Å². The van der Waals surface area contributed by atoms with Crippen molar-refractivity contribution in [2.45, 2.75) is 34.2 Å². The Hall–Kier alpha value is -2.29. The van der Waals surface area contributed by atoms with Crippen LogP contribution in [0.3, 0.4) is 0 Å². The van der Waals surface area contributed by atoms with E-state index in [1.165, 1.54) is 22.3 Å². The number of benzene rings is 2. The number of rotatable bonds is 3. The molecule has 1 heterocycles. The molecule has 108 valence electrons. The molecular weight excluding hydrogens is 260 g/mol. The normalized spacial score (nSPS) is 11.0. The molecule has 0 saturated heterocycles. The molecule has 3 nitrogen and oxygen atoms in total. The largest absolute Gasteiger partial charge is 0.441 e. The van der Waals surface area contributed by atoms with Crippen molar-refractivity contribution in [3.05, 3.63) is 58.5 Å². The van der Waals surface area contributed by atoms with Crippen LogP contribution in [-0.4, -0.2) is 4.98 Å². The lowest BCUT2D eigenvalue weighted by Crippen LogP contribution is -2.02. The highest BCUT2D eigenvalue weighted by molar-refractivity contribution is 5.77. The molecule has 3 rings (SSSR count). The number of nitrogens with one attached hydrogen (secondary N) is 1. The number of hydrogen-bond donors (Lipinski definition) is 1. The van der Waals surface area contributed by atoms with Crippen LogP contribution in [0.15, 0.2) is 34.7 Å². The minimum Gasteiger partial charge on any atom is -0.441 e. The summed E-state index contributed by atoms with van der Waals surface area (Å²) in [6, 6.07) is 10.5. The van der Waals surface area contributed by atoms with Crippen LogP contribution in [0, 0.1) is 27.7 Å². The van der Waals surface area contributed by atoms with E-state index in [0.29, 0.717) is 5.89 Å². The molecule has 1 N–H and O–H groups in total. The molecule has 2 aromatic carbocycles.